The fraction of sp³-hybridized carbons (Fsp3) is 0.118. The van der Waals surface area contributed by atoms with Crippen LogP contribution in [-0.2, 0) is 6.54 Å². The first-order valence-corrected chi connectivity index (χ1v) is 7.57. The Morgan fingerprint density at radius 3 is 2.41 bits per heavy atom. The van der Waals surface area contributed by atoms with Crippen molar-refractivity contribution in [1.82, 2.24) is 4.57 Å². The van der Waals surface area contributed by atoms with Crippen molar-refractivity contribution in [3.63, 3.8) is 0 Å². The van der Waals surface area contributed by atoms with Gasteiger partial charge in [-0.25, -0.2) is 0 Å². The van der Waals surface area contributed by atoms with Crippen molar-refractivity contribution >= 4 is 32.7 Å². The predicted molar refractivity (Wildman–Crippen MR) is 88.8 cm³/mol. The average molecular weight is 363 g/mol. The number of benzene rings is 2. The second-order valence-corrected chi connectivity index (χ2v) is 5.86. The highest BCUT2D eigenvalue weighted by molar-refractivity contribution is 9.10. The number of rotatable bonds is 3. The lowest BCUT2D eigenvalue weighted by Gasteiger charge is -2.15. The Labute approximate surface area is 135 Å². The van der Waals surface area contributed by atoms with Crippen LogP contribution in [0.5, 0.6) is 0 Å². The van der Waals surface area contributed by atoms with Crippen LogP contribution in [0.3, 0.4) is 0 Å². The van der Waals surface area contributed by atoms with E-state index in [-0.39, 0.29) is 12.4 Å². The van der Waals surface area contributed by atoms with Crippen LogP contribution in [0.15, 0.2) is 71.9 Å². The van der Waals surface area contributed by atoms with Gasteiger partial charge in [-0.15, -0.1) is 0 Å². The summed E-state index contributed by atoms with van der Waals surface area (Å²) >= 11 is 2.44. The van der Waals surface area contributed by atoms with Gasteiger partial charge in [-0.3, -0.25) is 9.56 Å². The molecule has 5 heteroatoms. The van der Waals surface area contributed by atoms with Crippen LogP contribution in [-0.4, -0.2) is 15.2 Å². The van der Waals surface area contributed by atoms with Crippen molar-refractivity contribution in [2.75, 3.05) is 0 Å². The zero-order valence-electron chi connectivity index (χ0n) is 11.6. The highest BCUT2D eigenvalue weighted by Gasteiger charge is 2.34. The predicted octanol–water partition coefficient (Wildman–Crippen LogP) is 5.08. The summed E-state index contributed by atoms with van der Waals surface area (Å²) in [7, 11) is 0. The first-order chi connectivity index (χ1) is 10.6. The van der Waals surface area contributed by atoms with Crippen molar-refractivity contribution in [1.29, 1.82) is 0 Å². The van der Waals surface area contributed by atoms with Gasteiger partial charge in [0, 0.05) is 6.20 Å². The summed E-state index contributed by atoms with van der Waals surface area (Å²) in [6, 6.07) is 18.5. The van der Waals surface area contributed by atoms with E-state index < -0.39 is 4.83 Å². The van der Waals surface area contributed by atoms with Crippen LogP contribution in [0.1, 0.15) is 5.56 Å². The summed E-state index contributed by atoms with van der Waals surface area (Å²) in [4.78, 5) is 0.936. The minimum absolute atomic E-state index is 0.198. The summed E-state index contributed by atoms with van der Waals surface area (Å²) in [5.74, 6) is -0.322. The van der Waals surface area contributed by atoms with E-state index in [1.807, 2.05) is 48.5 Å². The Kier molecular flexibility index (Phi) is 4.07. The zero-order valence-corrected chi connectivity index (χ0v) is 13.2. The fourth-order valence-electron chi connectivity index (χ4n) is 2.32. The number of aromatic nitrogens is 1. The number of halogens is 3. The quantitative estimate of drug-likeness (QED) is 0.351. The molecule has 3 rings (SSSR count). The fourth-order valence-corrected chi connectivity index (χ4v) is 2.64. The van der Waals surface area contributed by atoms with Crippen LogP contribution < -0.4 is 0 Å². The van der Waals surface area contributed by atoms with Crippen molar-refractivity contribution in [2.45, 2.75) is 11.4 Å². The third-order valence-corrected chi connectivity index (χ3v) is 3.69. The molecule has 2 nitrogen and oxygen atoms in total. The van der Waals surface area contributed by atoms with Gasteiger partial charge in [-0.05, 0) is 39.0 Å². The molecular formula is C17H13BrF2N2. The first-order valence-electron chi connectivity index (χ1n) is 6.78. The van der Waals surface area contributed by atoms with E-state index in [1.54, 1.807) is 18.3 Å². The number of alkyl halides is 3. The smallest absolute Gasteiger partial charge is 0.299 e. The monoisotopic (exact) mass is 362 g/mol. The Morgan fingerprint density at radius 2 is 1.68 bits per heavy atom. The largest absolute Gasteiger partial charge is 0.358 e. The lowest BCUT2D eigenvalue weighted by molar-refractivity contribution is 0.189. The van der Waals surface area contributed by atoms with E-state index in [2.05, 4.69) is 20.9 Å². The average Bonchev–Trinajstić information content (AvgIpc) is 2.91. The van der Waals surface area contributed by atoms with Crippen LogP contribution in [0.2, 0.25) is 0 Å². The maximum atomic E-state index is 13.9. The van der Waals surface area contributed by atoms with Gasteiger partial charge < -0.3 is 0 Å². The van der Waals surface area contributed by atoms with Gasteiger partial charge in [0.25, 0.3) is 0 Å². The van der Waals surface area contributed by atoms with Gasteiger partial charge in [-0.1, -0.05) is 48.5 Å². The van der Waals surface area contributed by atoms with Gasteiger partial charge in [0.2, 0.25) is 0 Å². The highest BCUT2D eigenvalue weighted by Crippen LogP contribution is 2.28. The van der Waals surface area contributed by atoms with E-state index >= 15 is 0 Å². The maximum Gasteiger partial charge on any atom is 0.358 e. The minimum atomic E-state index is -3.20. The molecule has 0 fully saturated rings. The number of nitrogens with zero attached hydrogens (tertiary/aromatic N) is 2. The van der Waals surface area contributed by atoms with Gasteiger partial charge in [0.05, 0.1) is 12.1 Å². The van der Waals surface area contributed by atoms with E-state index in [1.165, 1.54) is 4.57 Å². The summed E-state index contributed by atoms with van der Waals surface area (Å²) in [6.07, 6.45) is 1.61. The van der Waals surface area contributed by atoms with Crippen molar-refractivity contribution in [2.24, 2.45) is 4.99 Å². The van der Waals surface area contributed by atoms with E-state index in [9.17, 15) is 8.78 Å². The van der Waals surface area contributed by atoms with Crippen molar-refractivity contribution < 1.29 is 8.78 Å². The van der Waals surface area contributed by atoms with Crippen LogP contribution in [0, 0.1) is 0 Å². The summed E-state index contributed by atoms with van der Waals surface area (Å²) in [6.45, 7) is 0.198. The third kappa shape index (κ3) is 3.09. The molecule has 0 aliphatic heterocycles. The third-order valence-electron chi connectivity index (χ3n) is 3.34. The molecule has 0 radical (unpaired) electrons. The molecule has 3 aromatic rings. The molecule has 112 valence electrons. The number of fused-ring (bicyclic) bond motifs is 1. The normalized spacial score (nSPS) is 12.8. The van der Waals surface area contributed by atoms with E-state index in [0.29, 0.717) is 5.52 Å². The molecule has 0 unspecified atom stereocenters. The number of hydrogen-bond acceptors (Lipinski definition) is 1. The molecule has 1 aromatic heterocycles. The van der Waals surface area contributed by atoms with Crippen molar-refractivity contribution in [3.05, 3.63) is 72.4 Å². The molecule has 2 aromatic carbocycles. The lowest BCUT2D eigenvalue weighted by atomic mass is 10.2. The molecule has 0 saturated heterocycles. The zero-order chi connectivity index (χ0) is 15.6. The molecule has 0 atom stereocenters. The molecule has 1 heterocycles. The SMILES string of the molecule is FC(F)(Br)C(=NCc1ccccc1)n1ccc2ccccc21. The highest BCUT2D eigenvalue weighted by atomic mass is 79.9. The topological polar surface area (TPSA) is 17.3 Å². The number of hydrogen-bond donors (Lipinski definition) is 0. The molecule has 0 spiro atoms. The standard InChI is InChI=1S/C17H13BrF2N2/c18-17(19,20)16(21-12-13-6-2-1-3-7-13)22-11-10-14-8-4-5-9-15(14)22/h1-11H,12H2. The van der Waals surface area contributed by atoms with Gasteiger partial charge in [-0.2, -0.15) is 8.78 Å². The Bertz CT molecular complexity index is 804. The summed E-state index contributed by atoms with van der Waals surface area (Å²) in [5.41, 5.74) is 1.58. The molecular weight excluding hydrogens is 350 g/mol. The van der Waals surface area contributed by atoms with Gasteiger partial charge >= 0.3 is 4.83 Å². The molecule has 0 aliphatic carbocycles. The lowest BCUT2D eigenvalue weighted by Crippen LogP contribution is -2.28. The summed E-state index contributed by atoms with van der Waals surface area (Å²) in [5, 5.41) is 0.895. The first kappa shape index (κ1) is 14.9. The molecule has 0 amide bonds. The number of para-hydroxylation sites is 1. The molecule has 0 N–H and O–H groups in total. The maximum absolute atomic E-state index is 13.9. The second-order valence-electron chi connectivity index (χ2n) is 4.87. The van der Waals surface area contributed by atoms with Crippen LogP contribution in [0.4, 0.5) is 8.78 Å². The molecule has 0 aliphatic rings. The summed E-state index contributed by atoms with van der Waals surface area (Å²) < 4.78 is 29.3. The van der Waals surface area contributed by atoms with E-state index in [0.717, 1.165) is 10.9 Å². The van der Waals surface area contributed by atoms with E-state index in [4.69, 9.17) is 0 Å². The minimum Gasteiger partial charge on any atom is -0.299 e. The van der Waals surface area contributed by atoms with Gasteiger partial charge in [0.1, 0.15) is 0 Å². The van der Waals surface area contributed by atoms with Crippen LogP contribution >= 0.6 is 15.9 Å². The Hall–Kier alpha value is -2.01. The second kappa shape index (κ2) is 6.01. The Morgan fingerprint density at radius 1 is 1.00 bits per heavy atom. The van der Waals surface area contributed by atoms with Gasteiger partial charge in [0.15, 0.2) is 5.84 Å². The molecule has 22 heavy (non-hydrogen) atoms. The van der Waals surface area contributed by atoms with Crippen molar-refractivity contribution in [3.8, 4) is 0 Å². The molecule has 0 bridgehead atoms. The van der Waals surface area contributed by atoms with Crippen LogP contribution in [0.25, 0.3) is 10.9 Å². The Balaban J connectivity index is 2.04. The molecule has 0 saturated carbocycles. The number of aliphatic imine (C=N–C) groups is 1.